The largest absolute Gasteiger partial charge is 0.258 e. The molecule has 0 fully saturated rings. The maximum atomic E-state index is 12.4. The highest BCUT2D eigenvalue weighted by Gasteiger charge is 2.17. The second-order valence-corrected chi connectivity index (χ2v) is 7.67. The summed E-state index contributed by atoms with van der Waals surface area (Å²) in [7, 11) is -0.962. The molecule has 0 saturated heterocycles. The van der Waals surface area contributed by atoms with Crippen LogP contribution in [0.15, 0.2) is 23.8 Å². The van der Waals surface area contributed by atoms with Crippen LogP contribution in [0.3, 0.4) is 0 Å². The quantitative estimate of drug-likeness (QED) is 0.823. The zero-order chi connectivity index (χ0) is 13.8. The number of aromatic nitrogens is 3. The molecule has 0 radical (unpaired) electrons. The normalized spacial score (nSPS) is 14.7. The van der Waals surface area contributed by atoms with Crippen molar-refractivity contribution in [3.05, 3.63) is 34.5 Å². The maximum absolute atomic E-state index is 12.4. The Balaban J connectivity index is 2.05. The summed E-state index contributed by atoms with van der Waals surface area (Å²) in [5.41, 5.74) is 0. The van der Waals surface area contributed by atoms with E-state index in [1.807, 2.05) is 29.1 Å². The van der Waals surface area contributed by atoms with Crippen LogP contribution in [-0.4, -0.2) is 19.0 Å². The maximum Gasteiger partial charge on any atom is 0.139 e. The molecule has 0 unspecified atom stereocenters. The van der Waals surface area contributed by atoms with Crippen LogP contribution >= 0.6 is 11.3 Å². The van der Waals surface area contributed by atoms with Crippen LogP contribution in [0.1, 0.15) is 36.7 Å². The Labute approximate surface area is 120 Å². The summed E-state index contributed by atoms with van der Waals surface area (Å²) < 4.78 is 14.2. The fourth-order valence-electron chi connectivity index (χ4n) is 1.80. The lowest BCUT2D eigenvalue weighted by atomic mass is 10.2. The third-order valence-electron chi connectivity index (χ3n) is 2.84. The van der Waals surface area contributed by atoms with E-state index in [2.05, 4.69) is 23.9 Å². The van der Waals surface area contributed by atoms with Gasteiger partial charge in [0, 0.05) is 22.2 Å². The van der Waals surface area contributed by atoms with Crippen molar-refractivity contribution < 1.29 is 4.21 Å². The van der Waals surface area contributed by atoms with Crippen LogP contribution in [0.4, 0.5) is 0 Å². The van der Waals surface area contributed by atoms with Crippen molar-refractivity contribution in [2.45, 2.75) is 38.3 Å². The highest BCUT2D eigenvalue weighted by atomic mass is 32.2. The van der Waals surface area contributed by atoms with E-state index in [4.69, 9.17) is 0 Å². The highest BCUT2D eigenvalue weighted by Crippen LogP contribution is 2.25. The van der Waals surface area contributed by atoms with Gasteiger partial charge in [-0.25, -0.2) is 9.67 Å². The summed E-state index contributed by atoms with van der Waals surface area (Å²) in [6, 6.07) is 4.03. The van der Waals surface area contributed by atoms with Crippen molar-refractivity contribution >= 4 is 22.1 Å². The Hall–Kier alpha value is -1.01. The first kappa shape index (κ1) is 14.4. The molecule has 2 rings (SSSR count). The fourth-order valence-corrected chi connectivity index (χ4v) is 4.02. The predicted molar refractivity (Wildman–Crippen MR) is 79.4 cm³/mol. The third-order valence-corrected chi connectivity index (χ3v) is 5.63. The van der Waals surface area contributed by atoms with E-state index in [0.717, 1.165) is 17.2 Å². The molecule has 0 aliphatic carbocycles. The lowest BCUT2D eigenvalue weighted by Crippen LogP contribution is -2.13. The monoisotopic (exact) mass is 297 g/mol. The zero-order valence-electron chi connectivity index (χ0n) is 11.4. The van der Waals surface area contributed by atoms with E-state index < -0.39 is 10.8 Å². The SMILES string of the molecule is CC(C)Cn1ncnc1C[S@](=O)[C@@H](C)c1cccs1. The predicted octanol–water partition coefficient (Wildman–Crippen LogP) is 3.01. The number of hydrogen-bond donors (Lipinski definition) is 0. The Bertz CT molecular complexity index is 534. The van der Waals surface area contributed by atoms with E-state index >= 15 is 0 Å². The van der Waals surface area contributed by atoms with Gasteiger partial charge in [0.15, 0.2) is 0 Å². The van der Waals surface area contributed by atoms with Gasteiger partial charge in [-0.05, 0) is 24.3 Å². The summed E-state index contributed by atoms with van der Waals surface area (Å²) in [5.74, 6) is 1.78. The molecule has 104 valence electrons. The van der Waals surface area contributed by atoms with Crippen LogP contribution in [0.5, 0.6) is 0 Å². The Morgan fingerprint density at radius 1 is 1.42 bits per heavy atom. The highest BCUT2D eigenvalue weighted by molar-refractivity contribution is 7.84. The van der Waals surface area contributed by atoms with E-state index in [1.165, 1.54) is 0 Å². The average molecular weight is 297 g/mol. The van der Waals surface area contributed by atoms with Gasteiger partial charge in [0.1, 0.15) is 12.2 Å². The van der Waals surface area contributed by atoms with Gasteiger partial charge in [-0.1, -0.05) is 19.9 Å². The van der Waals surface area contributed by atoms with Gasteiger partial charge in [-0.3, -0.25) is 4.21 Å². The van der Waals surface area contributed by atoms with Crippen LogP contribution in [0, 0.1) is 5.92 Å². The van der Waals surface area contributed by atoms with Crippen molar-refractivity contribution in [2.24, 2.45) is 5.92 Å². The van der Waals surface area contributed by atoms with Crippen LogP contribution in [0.2, 0.25) is 0 Å². The number of hydrogen-bond acceptors (Lipinski definition) is 4. The number of rotatable bonds is 6. The smallest absolute Gasteiger partial charge is 0.139 e. The third kappa shape index (κ3) is 3.73. The second-order valence-electron chi connectivity index (χ2n) is 4.93. The minimum Gasteiger partial charge on any atom is -0.258 e. The molecule has 0 aliphatic rings. The van der Waals surface area contributed by atoms with Crippen LogP contribution in [0.25, 0.3) is 0 Å². The first-order valence-electron chi connectivity index (χ1n) is 6.35. The van der Waals surface area contributed by atoms with E-state index in [9.17, 15) is 4.21 Å². The lowest BCUT2D eigenvalue weighted by Gasteiger charge is -2.11. The minimum absolute atomic E-state index is 0.0456. The standard InChI is InChI=1S/C13H19N3OS2/c1-10(2)7-16-13(14-9-15-16)8-19(17)11(3)12-5-4-6-18-12/h4-6,9-11H,7-8H2,1-3H3/t11-,19-/m0/s1. The summed E-state index contributed by atoms with van der Waals surface area (Å²) in [4.78, 5) is 5.40. The van der Waals surface area contributed by atoms with Gasteiger partial charge in [-0.2, -0.15) is 5.10 Å². The van der Waals surface area contributed by atoms with Crippen molar-refractivity contribution in [3.63, 3.8) is 0 Å². The molecule has 0 aromatic carbocycles. The topological polar surface area (TPSA) is 47.8 Å². The lowest BCUT2D eigenvalue weighted by molar-refractivity contribution is 0.471. The molecular formula is C13H19N3OS2. The first-order valence-corrected chi connectivity index (χ1v) is 8.61. The van der Waals surface area contributed by atoms with Crippen LogP contribution < -0.4 is 0 Å². The summed E-state index contributed by atoms with van der Waals surface area (Å²) in [6.45, 7) is 7.10. The average Bonchev–Trinajstić information content (AvgIpc) is 2.99. The van der Waals surface area contributed by atoms with Gasteiger partial charge in [0.2, 0.25) is 0 Å². The molecule has 2 atom stereocenters. The van der Waals surface area contributed by atoms with Gasteiger partial charge >= 0.3 is 0 Å². The zero-order valence-corrected chi connectivity index (χ0v) is 13.1. The van der Waals surface area contributed by atoms with Gasteiger partial charge in [0.05, 0.1) is 11.0 Å². The number of thiophene rings is 1. The van der Waals surface area contributed by atoms with E-state index in [-0.39, 0.29) is 5.25 Å². The Kier molecular flexibility index (Phi) is 4.87. The van der Waals surface area contributed by atoms with Crippen molar-refractivity contribution in [2.75, 3.05) is 0 Å². The molecule has 19 heavy (non-hydrogen) atoms. The molecule has 0 bridgehead atoms. The Morgan fingerprint density at radius 2 is 2.21 bits per heavy atom. The molecule has 0 spiro atoms. The van der Waals surface area contributed by atoms with E-state index in [0.29, 0.717) is 11.7 Å². The first-order chi connectivity index (χ1) is 9.08. The second kappa shape index (κ2) is 6.43. The molecule has 4 nitrogen and oxygen atoms in total. The minimum atomic E-state index is -0.962. The van der Waals surface area contributed by atoms with Crippen molar-refractivity contribution in [3.8, 4) is 0 Å². The molecule has 2 aromatic rings. The molecule has 0 saturated carbocycles. The summed E-state index contributed by atoms with van der Waals surface area (Å²) >= 11 is 1.65. The van der Waals surface area contributed by atoms with E-state index in [1.54, 1.807) is 17.7 Å². The van der Waals surface area contributed by atoms with Gasteiger partial charge < -0.3 is 0 Å². The molecule has 0 N–H and O–H groups in total. The van der Waals surface area contributed by atoms with Crippen LogP contribution in [-0.2, 0) is 23.1 Å². The molecule has 0 amide bonds. The summed E-state index contributed by atoms with van der Waals surface area (Å²) in [5, 5.41) is 6.27. The van der Waals surface area contributed by atoms with Gasteiger partial charge in [0.25, 0.3) is 0 Å². The number of nitrogens with zero attached hydrogens (tertiary/aromatic N) is 3. The molecule has 0 aliphatic heterocycles. The van der Waals surface area contributed by atoms with Crippen molar-refractivity contribution in [1.82, 2.24) is 14.8 Å². The summed E-state index contributed by atoms with van der Waals surface area (Å²) in [6.07, 6.45) is 1.55. The molecule has 6 heteroatoms. The molecule has 2 heterocycles. The Morgan fingerprint density at radius 3 is 2.84 bits per heavy atom. The van der Waals surface area contributed by atoms with Crippen molar-refractivity contribution in [1.29, 1.82) is 0 Å². The molecule has 2 aromatic heterocycles. The fraction of sp³-hybridized carbons (Fsp3) is 0.538. The molecular weight excluding hydrogens is 278 g/mol. The van der Waals surface area contributed by atoms with Gasteiger partial charge in [-0.15, -0.1) is 11.3 Å².